The third-order valence-electron chi connectivity index (χ3n) is 2.70. The monoisotopic (exact) mass is 203 g/mol. The van der Waals surface area contributed by atoms with Crippen LogP contribution in [0.15, 0.2) is 18.3 Å². The number of aromatic nitrogens is 2. The van der Waals surface area contributed by atoms with Crippen LogP contribution in [0.2, 0.25) is 0 Å². The number of imidazole rings is 1. The van der Waals surface area contributed by atoms with E-state index in [1.807, 2.05) is 0 Å². The van der Waals surface area contributed by atoms with Crippen LogP contribution in [0.4, 0.5) is 0 Å². The number of fused-ring (bicyclic) bond motifs is 1. The fraction of sp³-hybridized carbons (Fsp3) is 0.417. The number of nitrogens with two attached hydrogens (primary N) is 1. The van der Waals surface area contributed by atoms with Crippen molar-refractivity contribution in [2.75, 3.05) is 6.54 Å². The van der Waals surface area contributed by atoms with Gasteiger partial charge in [0.2, 0.25) is 0 Å². The summed E-state index contributed by atoms with van der Waals surface area (Å²) in [5, 5.41) is 0. The van der Waals surface area contributed by atoms with E-state index >= 15 is 0 Å². The van der Waals surface area contributed by atoms with Gasteiger partial charge in [0.15, 0.2) is 0 Å². The van der Waals surface area contributed by atoms with Crippen molar-refractivity contribution >= 4 is 5.65 Å². The molecule has 0 saturated heterocycles. The largest absolute Gasteiger partial charge is 0.330 e. The molecule has 0 spiro atoms. The lowest BCUT2D eigenvalue weighted by Crippen LogP contribution is -2.03. The van der Waals surface area contributed by atoms with E-state index in [9.17, 15) is 0 Å². The Morgan fingerprint density at radius 3 is 2.93 bits per heavy atom. The Morgan fingerprint density at radius 1 is 1.40 bits per heavy atom. The molecule has 3 nitrogen and oxygen atoms in total. The third kappa shape index (κ3) is 1.88. The smallest absolute Gasteiger partial charge is 0.137 e. The Hall–Kier alpha value is -1.35. The van der Waals surface area contributed by atoms with Crippen LogP contribution in [0.3, 0.4) is 0 Å². The molecule has 2 rings (SSSR count). The lowest BCUT2D eigenvalue weighted by atomic mass is 10.2. The third-order valence-corrected chi connectivity index (χ3v) is 2.70. The molecule has 0 atom stereocenters. The second-order valence-corrected chi connectivity index (χ2v) is 3.97. The summed E-state index contributed by atoms with van der Waals surface area (Å²) < 4.78 is 2.16. The number of nitrogens with zero attached hydrogens (tertiary/aromatic N) is 2. The molecular weight excluding hydrogens is 186 g/mol. The van der Waals surface area contributed by atoms with Gasteiger partial charge >= 0.3 is 0 Å². The van der Waals surface area contributed by atoms with Crippen LogP contribution in [0.25, 0.3) is 5.65 Å². The Labute approximate surface area is 89.9 Å². The fourth-order valence-corrected chi connectivity index (χ4v) is 1.89. The molecule has 0 fully saturated rings. The van der Waals surface area contributed by atoms with Crippen molar-refractivity contribution in [1.29, 1.82) is 0 Å². The minimum Gasteiger partial charge on any atom is -0.330 e. The highest BCUT2D eigenvalue weighted by molar-refractivity contribution is 5.45. The second-order valence-electron chi connectivity index (χ2n) is 3.97. The molecule has 0 aliphatic carbocycles. The summed E-state index contributed by atoms with van der Waals surface area (Å²) in [6, 6.07) is 4.22. The standard InChI is InChI=1S/C12H17N3/c1-9-5-7-15-11(4-3-6-13)10(2)14-12(15)8-9/h5,7-8H,3-4,6,13H2,1-2H3. The van der Waals surface area contributed by atoms with E-state index in [2.05, 4.69) is 41.6 Å². The van der Waals surface area contributed by atoms with Crippen LogP contribution in [-0.4, -0.2) is 15.9 Å². The molecule has 15 heavy (non-hydrogen) atoms. The van der Waals surface area contributed by atoms with Crippen molar-refractivity contribution in [3.63, 3.8) is 0 Å². The van der Waals surface area contributed by atoms with Crippen LogP contribution < -0.4 is 5.73 Å². The maximum Gasteiger partial charge on any atom is 0.137 e. The van der Waals surface area contributed by atoms with Gasteiger partial charge in [0, 0.05) is 11.9 Å². The van der Waals surface area contributed by atoms with Gasteiger partial charge in [0.05, 0.1) is 5.69 Å². The molecular formula is C12H17N3. The first kappa shape index (κ1) is 10.2. The molecule has 0 unspecified atom stereocenters. The zero-order valence-electron chi connectivity index (χ0n) is 9.33. The number of hydrogen-bond donors (Lipinski definition) is 1. The van der Waals surface area contributed by atoms with Crippen LogP contribution in [0.1, 0.15) is 23.4 Å². The van der Waals surface area contributed by atoms with Gasteiger partial charge in [-0.3, -0.25) is 0 Å². The van der Waals surface area contributed by atoms with Crippen LogP contribution >= 0.6 is 0 Å². The molecule has 80 valence electrons. The predicted octanol–water partition coefficient (Wildman–Crippen LogP) is 1.84. The van der Waals surface area contributed by atoms with E-state index < -0.39 is 0 Å². The summed E-state index contributed by atoms with van der Waals surface area (Å²) in [4.78, 5) is 4.55. The van der Waals surface area contributed by atoms with Gasteiger partial charge in [0.1, 0.15) is 5.65 Å². The molecule has 2 aromatic heterocycles. The van der Waals surface area contributed by atoms with Crippen LogP contribution in [0, 0.1) is 13.8 Å². The van der Waals surface area contributed by atoms with Gasteiger partial charge in [-0.25, -0.2) is 4.98 Å². The lowest BCUT2D eigenvalue weighted by molar-refractivity contribution is 0.796. The molecule has 0 amide bonds. The van der Waals surface area contributed by atoms with E-state index in [1.165, 1.54) is 11.3 Å². The highest BCUT2D eigenvalue weighted by atomic mass is 15.0. The highest BCUT2D eigenvalue weighted by Crippen LogP contribution is 2.14. The zero-order valence-corrected chi connectivity index (χ0v) is 9.33. The summed E-state index contributed by atoms with van der Waals surface area (Å²) >= 11 is 0. The molecule has 0 aromatic carbocycles. The van der Waals surface area contributed by atoms with E-state index in [4.69, 9.17) is 5.73 Å². The first-order valence-electron chi connectivity index (χ1n) is 5.36. The van der Waals surface area contributed by atoms with E-state index in [0.717, 1.165) is 30.7 Å². The fourth-order valence-electron chi connectivity index (χ4n) is 1.89. The number of hydrogen-bond acceptors (Lipinski definition) is 2. The van der Waals surface area contributed by atoms with Gasteiger partial charge in [-0.2, -0.15) is 0 Å². The van der Waals surface area contributed by atoms with Crippen molar-refractivity contribution in [3.8, 4) is 0 Å². The highest BCUT2D eigenvalue weighted by Gasteiger charge is 2.07. The Bertz CT molecular complexity index is 471. The maximum absolute atomic E-state index is 5.53. The van der Waals surface area contributed by atoms with Crippen molar-refractivity contribution in [2.45, 2.75) is 26.7 Å². The molecule has 3 heteroatoms. The van der Waals surface area contributed by atoms with Crippen molar-refractivity contribution in [3.05, 3.63) is 35.3 Å². The van der Waals surface area contributed by atoms with E-state index in [1.54, 1.807) is 0 Å². The Morgan fingerprint density at radius 2 is 2.20 bits per heavy atom. The van der Waals surface area contributed by atoms with Gasteiger partial charge in [-0.1, -0.05) is 0 Å². The predicted molar refractivity (Wildman–Crippen MR) is 62.0 cm³/mol. The van der Waals surface area contributed by atoms with Gasteiger partial charge in [-0.15, -0.1) is 0 Å². The average molecular weight is 203 g/mol. The normalized spacial score (nSPS) is 11.1. The Kier molecular flexibility index (Phi) is 2.73. The summed E-state index contributed by atoms with van der Waals surface area (Å²) in [6.07, 6.45) is 4.12. The maximum atomic E-state index is 5.53. The van der Waals surface area contributed by atoms with Crippen molar-refractivity contribution in [1.82, 2.24) is 9.38 Å². The van der Waals surface area contributed by atoms with Crippen LogP contribution in [0.5, 0.6) is 0 Å². The Balaban J connectivity index is 2.48. The summed E-state index contributed by atoms with van der Waals surface area (Å²) in [6.45, 7) is 4.89. The summed E-state index contributed by atoms with van der Waals surface area (Å²) in [5.41, 5.74) is 10.2. The molecule has 0 aliphatic heterocycles. The van der Waals surface area contributed by atoms with Crippen molar-refractivity contribution in [2.24, 2.45) is 5.73 Å². The second kappa shape index (κ2) is 4.03. The van der Waals surface area contributed by atoms with Gasteiger partial charge in [0.25, 0.3) is 0 Å². The topological polar surface area (TPSA) is 43.3 Å². The van der Waals surface area contributed by atoms with Crippen molar-refractivity contribution < 1.29 is 0 Å². The average Bonchev–Trinajstić information content (AvgIpc) is 2.50. The molecule has 0 aliphatic rings. The SMILES string of the molecule is Cc1ccn2c(CCCN)c(C)nc2c1. The van der Waals surface area contributed by atoms with Gasteiger partial charge in [-0.05, 0) is 50.9 Å². The molecule has 2 aromatic rings. The van der Waals surface area contributed by atoms with Gasteiger partial charge < -0.3 is 10.1 Å². The quantitative estimate of drug-likeness (QED) is 0.827. The molecule has 0 radical (unpaired) electrons. The number of rotatable bonds is 3. The first-order chi connectivity index (χ1) is 7.22. The van der Waals surface area contributed by atoms with E-state index in [-0.39, 0.29) is 0 Å². The lowest BCUT2D eigenvalue weighted by Gasteiger charge is -2.02. The molecule has 0 bridgehead atoms. The first-order valence-corrected chi connectivity index (χ1v) is 5.36. The molecule has 0 saturated carbocycles. The number of pyridine rings is 1. The molecule has 2 N–H and O–H groups in total. The minimum absolute atomic E-state index is 0.735. The minimum atomic E-state index is 0.735. The van der Waals surface area contributed by atoms with Crippen LogP contribution in [-0.2, 0) is 6.42 Å². The summed E-state index contributed by atoms with van der Waals surface area (Å²) in [5.74, 6) is 0. The molecule has 2 heterocycles. The summed E-state index contributed by atoms with van der Waals surface area (Å²) in [7, 11) is 0. The van der Waals surface area contributed by atoms with E-state index in [0.29, 0.717) is 0 Å². The zero-order chi connectivity index (χ0) is 10.8. The number of aryl methyl sites for hydroxylation is 3.